The third kappa shape index (κ3) is 5.68. The summed E-state index contributed by atoms with van der Waals surface area (Å²) in [4.78, 5) is 13.3. The smallest absolute Gasteiger partial charge is 0.310 e. The number of rotatable bonds is 6. The Morgan fingerprint density at radius 2 is 2.05 bits per heavy atom. The molecule has 2 aliphatic rings. The molecule has 0 aromatic rings. The molecule has 0 spiro atoms. The van der Waals surface area contributed by atoms with Crippen molar-refractivity contribution in [2.45, 2.75) is 51.6 Å². The van der Waals surface area contributed by atoms with Gasteiger partial charge in [-0.05, 0) is 25.2 Å². The van der Waals surface area contributed by atoms with Gasteiger partial charge in [-0.1, -0.05) is 25.7 Å². The highest BCUT2D eigenvalue weighted by Crippen LogP contribution is 2.27. The Labute approximate surface area is 128 Å². The number of hydrogen-bond acceptors (Lipinski definition) is 3. The number of cyclic esters (lactones) is 1. The number of carbonyl (C=O) groups is 1. The lowest BCUT2D eigenvalue weighted by Crippen LogP contribution is -3.14. The van der Waals surface area contributed by atoms with Crippen LogP contribution in [0, 0.1) is 17.8 Å². The van der Waals surface area contributed by atoms with Gasteiger partial charge in [-0.25, -0.2) is 0 Å². The van der Waals surface area contributed by atoms with Gasteiger partial charge in [-0.15, -0.1) is 0 Å². The lowest BCUT2D eigenvalue weighted by atomic mass is 9.99. The van der Waals surface area contributed by atoms with Crippen molar-refractivity contribution in [3.8, 4) is 11.8 Å². The number of morpholine rings is 1. The fourth-order valence-corrected chi connectivity index (χ4v) is 2.91. The fraction of sp³-hybridized carbons (Fsp3) is 0.824. The van der Waals surface area contributed by atoms with Gasteiger partial charge in [0, 0.05) is 6.42 Å². The number of carbonyl (C=O) groups excluding carboxylic acids is 1. The molecule has 2 atom stereocenters. The Morgan fingerprint density at radius 3 is 2.81 bits per heavy atom. The van der Waals surface area contributed by atoms with Gasteiger partial charge >= 0.3 is 5.97 Å². The Hall–Kier alpha value is -1.05. The molecule has 0 saturated carbocycles. The molecule has 0 bridgehead atoms. The first-order valence-electron chi connectivity index (χ1n) is 8.37. The van der Waals surface area contributed by atoms with Crippen LogP contribution in [0.2, 0.25) is 0 Å². The molecule has 2 saturated heterocycles. The van der Waals surface area contributed by atoms with E-state index in [9.17, 15) is 4.79 Å². The van der Waals surface area contributed by atoms with E-state index in [1.54, 1.807) is 0 Å². The van der Waals surface area contributed by atoms with Gasteiger partial charge in [-0.3, -0.25) is 4.79 Å². The maximum Gasteiger partial charge on any atom is 0.310 e. The van der Waals surface area contributed by atoms with Gasteiger partial charge in [0.15, 0.2) is 0 Å². The minimum absolute atomic E-state index is 0.00353. The van der Waals surface area contributed by atoms with Crippen molar-refractivity contribution in [2.75, 3.05) is 32.8 Å². The van der Waals surface area contributed by atoms with Crippen LogP contribution in [0.3, 0.4) is 0 Å². The van der Waals surface area contributed by atoms with Crippen LogP contribution in [0.1, 0.15) is 45.4 Å². The van der Waals surface area contributed by atoms with E-state index in [1.807, 2.05) is 0 Å². The van der Waals surface area contributed by atoms with Crippen LogP contribution in [0.4, 0.5) is 0 Å². The summed E-state index contributed by atoms with van der Waals surface area (Å²) in [6, 6.07) is 0. The Kier molecular flexibility index (Phi) is 7.05. The molecule has 4 nitrogen and oxygen atoms in total. The number of hydrogen-bond donors (Lipinski definition) is 1. The summed E-state index contributed by atoms with van der Waals surface area (Å²) in [5, 5.41) is 0. The first-order valence-corrected chi connectivity index (χ1v) is 8.37. The Bertz CT molecular complexity index is 379. The largest absolute Gasteiger partial charge is 0.462 e. The summed E-state index contributed by atoms with van der Waals surface area (Å²) < 4.78 is 10.8. The van der Waals surface area contributed by atoms with Crippen molar-refractivity contribution in [1.29, 1.82) is 0 Å². The van der Waals surface area contributed by atoms with Gasteiger partial charge in [0.05, 0.1) is 19.1 Å². The van der Waals surface area contributed by atoms with E-state index in [4.69, 9.17) is 9.47 Å². The standard InChI is InChI=1S/C17H27NO3/c1-2-3-4-8-16-14-15(17(19)21-16)7-5-6-9-18-10-12-20-13-11-18/h15-16H,2-4,7-14H2,1H3/p+1/t15-,16+/m1/s1. The number of esters is 1. The highest BCUT2D eigenvalue weighted by atomic mass is 16.5. The molecule has 2 heterocycles. The average Bonchev–Trinajstić information content (AvgIpc) is 2.85. The van der Waals surface area contributed by atoms with Gasteiger partial charge in [0.25, 0.3) is 0 Å². The van der Waals surface area contributed by atoms with Crippen LogP contribution < -0.4 is 4.90 Å². The molecular weight excluding hydrogens is 266 g/mol. The van der Waals surface area contributed by atoms with Crippen molar-refractivity contribution in [2.24, 2.45) is 5.92 Å². The number of ether oxygens (including phenoxy) is 2. The van der Waals surface area contributed by atoms with Gasteiger partial charge in [0.2, 0.25) is 0 Å². The number of quaternary nitrogens is 1. The SMILES string of the molecule is CCCCC[C@H]1C[C@@H](CC#CC[NH+]2CCOCC2)C(=O)O1. The maximum atomic E-state index is 11.8. The third-order valence-corrected chi connectivity index (χ3v) is 4.30. The quantitative estimate of drug-likeness (QED) is 0.448. The molecule has 0 aromatic carbocycles. The fourth-order valence-electron chi connectivity index (χ4n) is 2.91. The summed E-state index contributed by atoms with van der Waals surface area (Å²) in [6.45, 7) is 6.82. The van der Waals surface area contributed by atoms with Crippen molar-refractivity contribution in [3.63, 3.8) is 0 Å². The second-order valence-corrected chi connectivity index (χ2v) is 6.08. The lowest BCUT2D eigenvalue weighted by molar-refractivity contribution is -0.900. The van der Waals surface area contributed by atoms with Crippen molar-refractivity contribution in [1.82, 2.24) is 0 Å². The van der Waals surface area contributed by atoms with E-state index in [2.05, 4.69) is 18.8 Å². The molecule has 0 unspecified atom stereocenters. The molecule has 0 amide bonds. The van der Waals surface area contributed by atoms with Gasteiger partial charge < -0.3 is 14.4 Å². The Balaban J connectivity index is 1.65. The van der Waals surface area contributed by atoms with Crippen LogP contribution in [0.25, 0.3) is 0 Å². The summed E-state index contributed by atoms with van der Waals surface area (Å²) >= 11 is 0. The zero-order valence-corrected chi connectivity index (χ0v) is 13.2. The average molecular weight is 294 g/mol. The van der Waals surface area contributed by atoms with Crippen LogP contribution in [-0.2, 0) is 14.3 Å². The van der Waals surface area contributed by atoms with Crippen molar-refractivity contribution >= 4 is 5.97 Å². The van der Waals surface area contributed by atoms with E-state index < -0.39 is 0 Å². The van der Waals surface area contributed by atoms with Crippen LogP contribution in [-0.4, -0.2) is 44.9 Å². The highest BCUT2D eigenvalue weighted by Gasteiger charge is 2.33. The molecule has 21 heavy (non-hydrogen) atoms. The van der Waals surface area contributed by atoms with Crippen molar-refractivity contribution in [3.05, 3.63) is 0 Å². The summed E-state index contributed by atoms with van der Waals surface area (Å²) in [5.41, 5.74) is 0. The molecule has 0 radical (unpaired) electrons. The number of nitrogens with one attached hydrogen (secondary N) is 1. The normalized spacial score (nSPS) is 26.2. The van der Waals surface area contributed by atoms with E-state index in [-0.39, 0.29) is 18.0 Å². The summed E-state index contributed by atoms with van der Waals surface area (Å²) in [7, 11) is 0. The zero-order chi connectivity index (χ0) is 14.9. The van der Waals surface area contributed by atoms with E-state index >= 15 is 0 Å². The van der Waals surface area contributed by atoms with Crippen LogP contribution >= 0.6 is 0 Å². The molecule has 4 heteroatoms. The number of unbranched alkanes of at least 4 members (excludes halogenated alkanes) is 2. The minimum atomic E-state index is -0.0375. The van der Waals surface area contributed by atoms with Crippen LogP contribution in [0.15, 0.2) is 0 Å². The molecule has 2 rings (SSSR count). The zero-order valence-electron chi connectivity index (χ0n) is 13.2. The van der Waals surface area contributed by atoms with Gasteiger partial charge in [-0.2, -0.15) is 0 Å². The predicted molar refractivity (Wildman–Crippen MR) is 80.9 cm³/mol. The van der Waals surface area contributed by atoms with Gasteiger partial charge in [0.1, 0.15) is 25.7 Å². The van der Waals surface area contributed by atoms with Crippen molar-refractivity contribution < 1.29 is 19.2 Å². The molecule has 0 aromatic heterocycles. The molecule has 2 fully saturated rings. The van der Waals surface area contributed by atoms with E-state index in [0.717, 1.165) is 52.1 Å². The lowest BCUT2D eigenvalue weighted by Gasteiger charge is -2.21. The Morgan fingerprint density at radius 1 is 1.24 bits per heavy atom. The summed E-state index contributed by atoms with van der Waals surface area (Å²) in [6.07, 6.45) is 6.27. The minimum Gasteiger partial charge on any atom is -0.462 e. The first-order chi connectivity index (χ1) is 10.3. The highest BCUT2D eigenvalue weighted by molar-refractivity contribution is 5.75. The van der Waals surface area contributed by atoms with Crippen LogP contribution in [0.5, 0.6) is 0 Å². The molecule has 0 aliphatic carbocycles. The maximum absolute atomic E-state index is 11.8. The predicted octanol–water partition coefficient (Wildman–Crippen LogP) is 0.807. The second kappa shape index (κ2) is 9.07. The molecule has 1 N–H and O–H groups in total. The molecule has 2 aliphatic heterocycles. The second-order valence-electron chi connectivity index (χ2n) is 6.08. The first kappa shape index (κ1) is 16.3. The molecular formula is C17H28NO3+. The third-order valence-electron chi connectivity index (χ3n) is 4.30. The topological polar surface area (TPSA) is 40.0 Å². The van der Waals surface area contributed by atoms with E-state index in [1.165, 1.54) is 17.7 Å². The summed E-state index contributed by atoms with van der Waals surface area (Å²) in [5.74, 6) is 6.37. The van der Waals surface area contributed by atoms with E-state index in [0.29, 0.717) is 6.42 Å². The molecule has 118 valence electrons. The monoisotopic (exact) mass is 294 g/mol.